The minimum atomic E-state index is -0.545. The third-order valence-electron chi connectivity index (χ3n) is 7.94. The molecule has 2 aromatic carbocycles. The maximum atomic E-state index is 12.9. The van der Waals surface area contributed by atoms with Crippen molar-refractivity contribution < 1.29 is 23.7 Å². The molecule has 0 spiro atoms. The molecule has 3 atom stereocenters. The molecule has 3 saturated heterocycles. The van der Waals surface area contributed by atoms with Gasteiger partial charge in [0.1, 0.15) is 29.1 Å². The van der Waals surface area contributed by atoms with Gasteiger partial charge in [0.05, 0.1) is 30.3 Å². The summed E-state index contributed by atoms with van der Waals surface area (Å²) in [6, 6.07) is 12.3. The molecule has 0 radical (unpaired) electrons. The Morgan fingerprint density at radius 1 is 1.12 bits per heavy atom. The van der Waals surface area contributed by atoms with Gasteiger partial charge in [-0.1, -0.05) is 41.9 Å². The van der Waals surface area contributed by atoms with Crippen LogP contribution in [-0.2, 0) is 9.47 Å². The normalized spacial score (nSPS) is 21.6. The van der Waals surface area contributed by atoms with E-state index in [-0.39, 0.29) is 36.4 Å². The van der Waals surface area contributed by atoms with Gasteiger partial charge < -0.3 is 28.7 Å². The number of carbonyl (C=O) groups is 1. The van der Waals surface area contributed by atoms with Gasteiger partial charge in [-0.25, -0.2) is 4.79 Å². The molecule has 0 aliphatic carbocycles. The Labute approximate surface area is 259 Å². The number of benzene rings is 2. The molecular weight excluding hydrogens is 624 g/mol. The van der Waals surface area contributed by atoms with E-state index in [0.717, 1.165) is 36.0 Å². The Morgan fingerprint density at radius 3 is 2.52 bits per heavy atom. The van der Waals surface area contributed by atoms with E-state index in [1.165, 1.54) is 0 Å². The lowest BCUT2D eigenvalue weighted by molar-refractivity contribution is 0.0206. The van der Waals surface area contributed by atoms with E-state index in [9.17, 15) is 4.79 Å². The lowest BCUT2D eigenvalue weighted by Crippen LogP contribution is -2.50. The maximum absolute atomic E-state index is 12.9. The molecule has 3 fully saturated rings. The molecule has 2 bridgehead atoms. The van der Waals surface area contributed by atoms with Crippen LogP contribution in [0.2, 0.25) is 5.02 Å². The Hall–Kier alpha value is -2.82. The van der Waals surface area contributed by atoms with Crippen molar-refractivity contribution in [2.24, 2.45) is 0 Å². The summed E-state index contributed by atoms with van der Waals surface area (Å²) in [5.41, 5.74) is 1.06. The SMILES string of the molecule is C[C@H](Oc1c(Cl)c(Br)cc2c(N3C[C@@H]4C[C@H]3CN4C(=O)OC(C)(C)C)nc(OC3CCOCC3)nc12)c1ccccc1. The highest BCUT2D eigenvalue weighted by atomic mass is 79.9. The fourth-order valence-corrected chi connectivity index (χ4v) is 6.51. The number of hydrogen-bond acceptors (Lipinski definition) is 8. The van der Waals surface area contributed by atoms with Crippen LogP contribution in [0.4, 0.5) is 10.6 Å². The van der Waals surface area contributed by atoms with Crippen LogP contribution < -0.4 is 14.4 Å². The Kier molecular flexibility index (Phi) is 8.15. The summed E-state index contributed by atoms with van der Waals surface area (Å²) < 4.78 is 24.8. The number of anilines is 1. The highest BCUT2D eigenvalue weighted by molar-refractivity contribution is 9.10. The standard InChI is InChI=1S/C31H36BrClN4O5/c1-18(19-8-6-5-7-9-19)40-27-25(33)24(32)15-23-26(27)34-29(41-22-10-12-39-13-11-22)35-28(23)36-16-21-14-20(36)17-37(21)30(38)42-31(2,3)4/h5-9,15,18,20-22H,10-14,16-17H2,1-4H3/t18-,20-,21-/m0/s1. The summed E-state index contributed by atoms with van der Waals surface area (Å²) in [5.74, 6) is 1.21. The van der Waals surface area contributed by atoms with Crippen LogP contribution in [0.3, 0.4) is 0 Å². The van der Waals surface area contributed by atoms with Gasteiger partial charge in [0.2, 0.25) is 0 Å². The predicted molar refractivity (Wildman–Crippen MR) is 165 cm³/mol. The number of hydrogen-bond donors (Lipinski definition) is 0. The highest BCUT2D eigenvalue weighted by Crippen LogP contribution is 2.45. The summed E-state index contributed by atoms with van der Waals surface area (Å²) in [7, 11) is 0. The number of aromatic nitrogens is 2. The first-order valence-electron chi connectivity index (χ1n) is 14.5. The minimum absolute atomic E-state index is 0.0271. The summed E-state index contributed by atoms with van der Waals surface area (Å²) in [6.07, 6.45) is 1.79. The number of nitrogens with zero attached hydrogens (tertiary/aromatic N) is 4. The number of amides is 1. The average Bonchev–Trinajstić information content (AvgIpc) is 3.57. The molecule has 3 aromatic rings. The lowest BCUT2D eigenvalue weighted by atomic mass is 10.1. The lowest BCUT2D eigenvalue weighted by Gasteiger charge is -2.36. The van der Waals surface area contributed by atoms with Crippen LogP contribution in [0.5, 0.6) is 11.8 Å². The van der Waals surface area contributed by atoms with Crippen molar-refractivity contribution in [3.8, 4) is 11.8 Å². The van der Waals surface area contributed by atoms with E-state index in [1.807, 2.05) is 69.0 Å². The Bertz CT molecular complexity index is 1460. The van der Waals surface area contributed by atoms with Gasteiger partial charge in [-0.3, -0.25) is 0 Å². The Balaban J connectivity index is 1.38. The fraction of sp³-hybridized carbons (Fsp3) is 0.516. The van der Waals surface area contributed by atoms with Crippen LogP contribution in [-0.4, -0.2) is 71.1 Å². The zero-order chi connectivity index (χ0) is 29.6. The van der Waals surface area contributed by atoms with Crippen molar-refractivity contribution in [1.29, 1.82) is 0 Å². The quantitative estimate of drug-likeness (QED) is 0.281. The first-order chi connectivity index (χ1) is 20.1. The molecule has 0 unspecified atom stereocenters. The third-order valence-corrected chi connectivity index (χ3v) is 9.17. The molecule has 1 aromatic heterocycles. The van der Waals surface area contributed by atoms with E-state index >= 15 is 0 Å². The second-order valence-corrected chi connectivity index (χ2v) is 13.4. The van der Waals surface area contributed by atoms with E-state index < -0.39 is 5.60 Å². The van der Waals surface area contributed by atoms with Crippen LogP contribution >= 0.6 is 27.5 Å². The van der Waals surface area contributed by atoms with Crippen molar-refractivity contribution in [2.75, 3.05) is 31.2 Å². The van der Waals surface area contributed by atoms with Crippen LogP contribution in [0.1, 0.15) is 58.6 Å². The number of halogens is 2. The number of piperazine rings is 1. The Morgan fingerprint density at radius 2 is 1.86 bits per heavy atom. The molecule has 3 aliphatic rings. The van der Waals surface area contributed by atoms with Crippen LogP contribution in [0, 0.1) is 0 Å². The van der Waals surface area contributed by atoms with Crippen molar-refractivity contribution in [3.05, 3.63) is 51.5 Å². The van der Waals surface area contributed by atoms with Crippen molar-refractivity contribution >= 4 is 50.3 Å². The minimum Gasteiger partial charge on any atom is -0.482 e. The molecule has 6 rings (SSSR count). The topological polar surface area (TPSA) is 86.3 Å². The van der Waals surface area contributed by atoms with E-state index in [2.05, 4.69) is 20.8 Å². The molecule has 11 heteroatoms. The van der Waals surface area contributed by atoms with Crippen molar-refractivity contribution in [1.82, 2.24) is 14.9 Å². The van der Waals surface area contributed by atoms with Crippen LogP contribution in [0.15, 0.2) is 40.9 Å². The molecule has 3 aliphatic heterocycles. The zero-order valence-corrected chi connectivity index (χ0v) is 26.7. The number of ether oxygens (including phenoxy) is 4. The highest BCUT2D eigenvalue weighted by Gasteiger charge is 2.47. The van der Waals surface area contributed by atoms with Gasteiger partial charge in [-0.2, -0.15) is 9.97 Å². The summed E-state index contributed by atoms with van der Waals surface area (Å²) in [4.78, 5) is 26.9. The molecule has 224 valence electrons. The smallest absolute Gasteiger partial charge is 0.410 e. The van der Waals surface area contributed by atoms with Gasteiger partial charge >= 0.3 is 12.1 Å². The molecule has 4 heterocycles. The van der Waals surface area contributed by atoms with Gasteiger partial charge in [0.25, 0.3) is 0 Å². The number of carbonyl (C=O) groups excluding carboxylic acids is 1. The molecule has 1 amide bonds. The second-order valence-electron chi connectivity index (χ2n) is 12.2. The van der Waals surface area contributed by atoms with Crippen molar-refractivity contribution in [2.45, 2.75) is 76.9 Å². The van der Waals surface area contributed by atoms with Crippen molar-refractivity contribution in [3.63, 3.8) is 0 Å². The van der Waals surface area contributed by atoms with E-state index in [1.54, 1.807) is 0 Å². The largest absolute Gasteiger partial charge is 0.482 e. The third kappa shape index (κ3) is 5.98. The predicted octanol–water partition coefficient (Wildman–Crippen LogP) is 6.94. The second kappa shape index (κ2) is 11.7. The monoisotopic (exact) mass is 658 g/mol. The molecule has 0 saturated carbocycles. The zero-order valence-electron chi connectivity index (χ0n) is 24.3. The number of rotatable bonds is 6. The summed E-state index contributed by atoms with van der Waals surface area (Å²) in [5, 5.41) is 1.24. The van der Waals surface area contributed by atoms with Crippen LogP contribution in [0.25, 0.3) is 10.9 Å². The van der Waals surface area contributed by atoms with E-state index in [0.29, 0.717) is 47.1 Å². The maximum Gasteiger partial charge on any atom is 0.410 e. The summed E-state index contributed by atoms with van der Waals surface area (Å²) >= 11 is 10.5. The van der Waals surface area contributed by atoms with E-state index in [4.69, 9.17) is 40.5 Å². The van der Waals surface area contributed by atoms with Gasteiger partial charge in [0.15, 0.2) is 5.75 Å². The fourth-order valence-electron chi connectivity index (χ4n) is 5.91. The number of likely N-dealkylation sites (tertiary alicyclic amines) is 1. The van der Waals surface area contributed by atoms with Gasteiger partial charge in [-0.05, 0) is 61.7 Å². The summed E-state index contributed by atoms with van der Waals surface area (Å²) in [6.45, 7) is 10.1. The molecular formula is C31H36BrClN4O5. The number of fused-ring (bicyclic) bond motifs is 3. The first-order valence-corrected chi connectivity index (χ1v) is 15.7. The first kappa shape index (κ1) is 29.3. The molecule has 42 heavy (non-hydrogen) atoms. The molecule has 0 N–H and O–H groups in total. The molecule has 9 nitrogen and oxygen atoms in total. The van der Waals surface area contributed by atoms with Gasteiger partial charge in [0, 0.05) is 35.8 Å². The van der Waals surface area contributed by atoms with Gasteiger partial charge in [-0.15, -0.1) is 0 Å². The average molecular weight is 660 g/mol.